The molecule has 0 aromatic carbocycles. The monoisotopic (exact) mass is 238 g/mol. The van der Waals surface area contributed by atoms with Crippen LogP contribution >= 0.6 is 0 Å². The van der Waals surface area contributed by atoms with Crippen LogP contribution in [-0.4, -0.2) is 29.4 Å². The van der Waals surface area contributed by atoms with Gasteiger partial charge in [0.2, 0.25) is 5.91 Å². The van der Waals surface area contributed by atoms with E-state index in [0.29, 0.717) is 5.91 Å². The number of hydrogen-bond donors (Lipinski definition) is 1. The predicted octanol–water partition coefficient (Wildman–Crippen LogP) is 2.01. The highest BCUT2D eigenvalue weighted by atomic mass is 16.2. The number of hydrogen-bond acceptors (Lipinski definition) is 2. The summed E-state index contributed by atoms with van der Waals surface area (Å²) in [6.07, 6.45) is 2.12. The summed E-state index contributed by atoms with van der Waals surface area (Å²) in [5, 5.41) is 0. The van der Waals surface area contributed by atoms with Crippen LogP contribution in [0.2, 0.25) is 0 Å². The second-order valence-corrected chi connectivity index (χ2v) is 7.18. The summed E-state index contributed by atoms with van der Waals surface area (Å²) in [7, 11) is 0. The van der Waals surface area contributed by atoms with Gasteiger partial charge in [-0.25, -0.2) is 0 Å². The summed E-state index contributed by atoms with van der Waals surface area (Å²) in [5.41, 5.74) is 6.38. The van der Waals surface area contributed by atoms with Gasteiger partial charge in [-0.05, 0) is 17.3 Å². The maximum atomic E-state index is 12.4. The van der Waals surface area contributed by atoms with Gasteiger partial charge in [0.1, 0.15) is 0 Å². The quantitative estimate of drug-likeness (QED) is 0.817. The number of carbonyl (C=O) groups is 1. The Kier molecular flexibility index (Phi) is 2.63. The molecular weight excluding hydrogens is 212 g/mol. The third kappa shape index (κ3) is 1.70. The lowest BCUT2D eigenvalue weighted by Gasteiger charge is -2.48. The summed E-state index contributed by atoms with van der Waals surface area (Å²) < 4.78 is 0. The van der Waals surface area contributed by atoms with Crippen molar-refractivity contribution in [2.24, 2.45) is 22.5 Å². The van der Waals surface area contributed by atoms with Crippen LogP contribution in [-0.2, 0) is 4.79 Å². The van der Waals surface area contributed by atoms with Crippen LogP contribution < -0.4 is 5.73 Å². The van der Waals surface area contributed by atoms with Gasteiger partial charge in [-0.2, -0.15) is 0 Å². The molecule has 1 amide bonds. The zero-order valence-electron chi connectivity index (χ0n) is 11.8. The van der Waals surface area contributed by atoms with Gasteiger partial charge in [-0.3, -0.25) is 4.79 Å². The number of nitrogens with two attached hydrogens (primary N) is 1. The van der Waals surface area contributed by atoms with Gasteiger partial charge in [-0.15, -0.1) is 0 Å². The number of likely N-dealkylation sites (tertiary alicyclic amines) is 1. The standard InChI is InChI=1S/C14H26N2O/c1-6-7-14(15)8-16(9-14)11(17)10-12(2,3)13(10,4)5/h10H,6-9,15H2,1-5H3. The molecule has 0 spiro atoms. The van der Waals surface area contributed by atoms with E-state index in [1.165, 1.54) is 0 Å². The normalized spacial score (nSPS) is 28.7. The number of rotatable bonds is 3. The van der Waals surface area contributed by atoms with Crippen molar-refractivity contribution in [3.8, 4) is 0 Å². The summed E-state index contributed by atoms with van der Waals surface area (Å²) in [5.74, 6) is 0.498. The molecule has 3 heteroatoms. The number of nitrogens with zero attached hydrogens (tertiary/aromatic N) is 1. The van der Waals surface area contributed by atoms with Crippen molar-refractivity contribution < 1.29 is 4.79 Å². The van der Waals surface area contributed by atoms with Crippen LogP contribution in [0.4, 0.5) is 0 Å². The molecule has 2 rings (SSSR count). The first kappa shape index (κ1) is 12.9. The average molecular weight is 238 g/mol. The van der Waals surface area contributed by atoms with Gasteiger partial charge in [0.15, 0.2) is 0 Å². The van der Waals surface area contributed by atoms with Crippen molar-refractivity contribution in [3.63, 3.8) is 0 Å². The molecule has 2 N–H and O–H groups in total. The Morgan fingerprint density at radius 2 is 1.71 bits per heavy atom. The molecular formula is C14H26N2O. The number of amides is 1. The van der Waals surface area contributed by atoms with Crippen molar-refractivity contribution >= 4 is 5.91 Å². The van der Waals surface area contributed by atoms with E-state index in [2.05, 4.69) is 34.6 Å². The molecule has 0 atom stereocenters. The summed E-state index contributed by atoms with van der Waals surface area (Å²) in [4.78, 5) is 14.3. The van der Waals surface area contributed by atoms with Crippen molar-refractivity contribution in [1.29, 1.82) is 0 Å². The molecule has 1 heterocycles. The minimum atomic E-state index is -0.104. The van der Waals surface area contributed by atoms with E-state index >= 15 is 0 Å². The fourth-order valence-electron chi connectivity index (χ4n) is 3.52. The zero-order valence-corrected chi connectivity index (χ0v) is 11.8. The van der Waals surface area contributed by atoms with Crippen molar-refractivity contribution in [3.05, 3.63) is 0 Å². The molecule has 0 aromatic heterocycles. The van der Waals surface area contributed by atoms with E-state index in [9.17, 15) is 4.79 Å². The molecule has 3 nitrogen and oxygen atoms in total. The van der Waals surface area contributed by atoms with Crippen LogP contribution in [0.5, 0.6) is 0 Å². The Balaban J connectivity index is 1.94. The molecule has 1 saturated carbocycles. The van der Waals surface area contributed by atoms with E-state index in [-0.39, 0.29) is 22.3 Å². The molecule has 1 aliphatic heterocycles. The molecule has 98 valence electrons. The maximum Gasteiger partial charge on any atom is 0.226 e. The largest absolute Gasteiger partial charge is 0.339 e. The molecule has 0 aromatic rings. The first-order chi connectivity index (χ1) is 7.66. The number of carbonyl (C=O) groups excluding carboxylic acids is 1. The van der Waals surface area contributed by atoms with E-state index in [4.69, 9.17) is 5.73 Å². The average Bonchev–Trinajstić information content (AvgIpc) is 2.53. The third-order valence-electron chi connectivity index (χ3n) is 5.34. The lowest BCUT2D eigenvalue weighted by Crippen LogP contribution is -2.68. The first-order valence-corrected chi connectivity index (χ1v) is 6.73. The minimum absolute atomic E-state index is 0.104. The topological polar surface area (TPSA) is 46.3 Å². The zero-order chi connectivity index (χ0) is 13.1. The van der Waals surface area contributed by atoms with Crippen LogP contribution in [0, 0.1) is 16.7 Å². The molecule has 1 aliphatic carbocycles. The SMILES string of the molecule is CCCC1(N)CN(C(=O)C2C(C)(C)C2(C)C)C1. The smallest absolute Gasteiger partial charge is 0.226 e. The fourth-order valence-corrected chi connectivity index (χ4v) is 3.52. The molecule has 0 radical (unpaired) electrons. The molecule has 17 heavy (non-hydrogen) atoms. The highest BCUT2D eigenvalue weighted by molar-refractivity contribution is 5.85. The third-order valence-corrected chi connectivity index (χ3v) is 5.34. The van der Waals surface area contributed by atoms with Gasteiger partial charge < -0.3 is 10.6 Å². The predicted molar refractivity (Wildman–Crippen MR) is 69.5 cm³/mol. The summed E-state index contributed by atoms with van der Waals surface area (Å²) in [6, 6.07) is 0. The second kappa shape index (κ2) is 3.47. The molecule has 0 unspecified atom stereocenters. The van der Waals surface area contributed by atoms with Gasteiger partial charge in [-0.1, -0.05) is 41.0 Å². The highest BCUT2D eigenvalue weighted by Gasteiger charge is 2.69. The molecule has 0 bridgehead atoms. The van der Waals surface area contributed by atoms with Crippen molar-refractivity contribution in [2.75, 3.05) is 13.1 Å². The fraction of sp³-hybridized carbons (Fsp3) is 0.929. The van der Waals surface area contributed by atoms with Crippen LogP contribution in [0.1, 0.15) is 47.5 Å². The Labute approximate surface area is 105 Å². The molecule has 2 fully saturated rings. The van der Waals surface area contributed by atoms with Crippen LogP contribution in [0.3, 0.4) is 0 Å². The van der Waals surface area contributed by atoms with Crippen molar-refractivity contribution in [1.82, 2.24) is 4.90 Å². The Bertz CT molecular complexity index is 326. The minimum Gasteiger partial charge on any atom is -0.339 e. The van der Waals surface area contributed by atoms with E-state index in [1.807, 2.05) is 4.90 Å². The van der Waals surface area contributed by atoms with Crippen molar-refractivity contribution in [2.45, 2.75) is 53.0 Å². The van der Waals surface area contributed by atoms with Crippen LogP contribution in [0.15, 0.2) is 0 Å². The summed E-state index contributed by atoms with van der Waals surface area (Å²) >= 11 is 0. The lowest BCUT2D eigenvalue weighted by atomic mass is 9.86. The molecule has 1 saturated heterocycles. The lowest BCUT2D eigenvalue weighted by molar-refractivity contribution is -0.141. The Hall–Kier alpha value is -0.570. The molecule has 2 aliphatic rings. The highest BCUT2D eigenvalue weighted by Crippen LogP contribution is 2.69. The van der Waals surface area contributed by atoms with E-state index in [0.717, 1.165) is 25.9 Å². The Morgan fingerprint density at radius 3 is 2.06 bits per heavy atom. The van der Waals surface area contributed by atoms with Crippen LogP contribution in [0.25, 0.3) is 0 Å². The Morgan fingerprint density at radius 1 is 1.24 bits per heavy atom. The van der Waals surface area contributed by atoms with E-state index < -0.39 is 0 Å². The second-order valence-electron chi connectivity index (χ2n) is 7.18. The van der Waals surface area contributed by atoms with Gasteiger partial charge >= 0.3 is 0 Å². The van der Waals surface area contributed by atoms with Gasteiger partial charge in [0.25, 0.3) is 0 Å². The van der Waals surface area contributed by atoms with Gasteiger partial charge in [0, 0.05) is 19.0 Å². The maximum absolute atomic E-state index is 12.4. The van der Waals surface area contributed by atoms with E-state index in [1.54, 1.807) is 0 Å². The first-order valence-electron chi connectivity index (χ1n) is 6.73. The summed E-state index contributed by atoms with van der Waals surface area (Å²) in [6.45, 7) is 12.4. The van der Waals surface area contributed by atoms with Gasteiger partial charge in [0.05, 0.1) is 5.54 Å².